The standard InChI is InChI=1S/C10H8N2O3S/c11-9-5-8(16-12-9)10(14)15-7-3-1-6(13)2-4-7/h1-5,13H,(H2,11,12). The van der Waals surface area contributed by atoms with E-state index in [0.29, 0.717) is 16.4 Å². The SMILES string of the molecule is Nc1cc(C(=O)Oc2ccc(O)cc2)sn1. The number of carbonyl (C=O) groups excluding carboxylic acids is 1. The molecule has 1 aromatic heterocycles. The number of aromatic hydroxyl groups is 1. The number of anilines is 1. The highest BCUT2D eigenvalue weighted by molar-refractivity contribution is 7.08. The van der Waals surface area contributed by atoms with Crippen LogP contribution in [0.15, 0.2) is 30.3 Å². The molecule has 0 unspecified atom stereocenters. The first-order valence-electron chi connectivity index (χ1n) is 4.38. The number of nitrogen functional groups attached to an aromatic ring is 1. The molecule has 2 rings (SSSR count). The molecule has 16 heavy (non-hydrogen) atoms. The van der Waals surface area contributed by atoms with E-state index in [-0.39, 0.29) is 5.75 Å². The van der Waals surface area contributed by atoms with Gasteiger partial charge in [0.1, 0.15) is 22.2 Å². The van der Waals surface area contributed by atoms with Crippen LogP contribution in [0.5, 0.6) is 11.5 Å². The summed E-state index contributed by atoms with van der Waals surface area (Å²) in [7, 11) is 0. The van der Waals surface area contributed by atoms with Crippen LogP contribution >= 0.6 is 11.5 Å². The van der Waals surface area contributed by atoms with Crippen LogP contribution in [-0.2, 0) is 0 Å². The quantitative estimate of drug-likeness (QED) is 0.611. The summed E-state index contributed by atoms with van der Waals surface area (Å²) in [5.74, 6) is 0.249. The van der Waals surface area contributed by atoms with E-state index in [2.05, 4.69) is 4.37 Å². The molecular weight excluding hydrogens is 228 g/mol. The van der Waals surface area contributed by atoms with Gasteiger partial charge in [0.2, 0.25) is 0 Å². The van der Waals surface area contributed by atoms with Crippen molar-refractivity contribution in [2.24, 2.45) is 0 Å². The van der Waals surface area contributed by atoms with Crippen LogP contribution in [0, 0.1) is 0 Å². The number of benzene rings is 1. The van der Waals surface area contributed by atoms with Crippen LogP contribution in [0.3, 0.4) is 0 Å². The highest BCUT2D eigenvalue weighted by Crippen LogP contribution is 2.19. The summed E-state index contributed by atoms with van der Waals surface area (Å²) in [6.07, 6.45) is 0. The van der Waals surface area contributed by atoms with Crippen LogP contribution in [0.25, 0.3) is 0 Å². The van der Waals surface area contributed by atoms with Gasteiger partial charge in [0.15, 0.2) is 0 Å². The highest BCUT2D eigenvalue weighted by Gasteiger charge is 2.11. The number of nitrogens with zero attached hydrogens (tertiary/aromatic N) is 1. The number of hydrogen-bond acceptors (Lipinski definition) is 6. The summed E-state index contributed by atoms with van der Waals surface area (Å²) in [6, 6.07) is 7.32. The molecule has 0 aliphatic carbocycles. The fraction of sp³-hybridized carbons (Fsp3) is 0. The Hall–Kier alpha value is -2.08. The van der Waals surface area contributed by atoms with Gasteiger partial charge in [-0.15, -0.1) is 0 Å². The molecule has 5 nitrogen and oxygen atoms in total. The molecule has 82 valence electrons. The van der Waals surface area contributed by atoms with Gasteiger partial charge in [0, 0.05) is 6.07 Å². The predicted molar refractivity (Wildman–Crippen MR) is 59.6 cm³/mol. The number of nitrogens with two attached hydrogens (primary N) is 1. The van der Waals surface area contributed by atoms with Crippen molar-refractivity contribution in [2.45, 2.75) is 0 Å². The van der Waals surface area contributed by atoms with E-state index in [1.54, 1.807) is 0 Å². The molecule has 3 N–H and O–H groups in total. The van der Waals surface area contributed by atoms with Crippen molar-refractivity contribution in [3.05, 3.63) is 35.2 Å². The molecule has 1 heterocycles. The van der Waals surface area contributed by atoms with Crippen LogP contribution in [0.1, 0.15) is 9.67 Å². The van der Waals surface area contributed by atoms with E-state index in [0.717, 1.165) is 11.5 Å². The van der Waals surface area contributed by atoms with Crippen molar-refractivity contribution < 1.29 is 14.6 Å². The molecule has 0 aliphatic rings. The van der Waals surface area contributed by atoms with Gasteiger partial charge in [-0.25, -0.2) is 4.79 Å². The Labute approximate surface area is 95.3 Å². The first-order valence-corrected chi connectivity index (χ1v) is 5.16. The smallest absolute Gasteiger partial charge is 0.355 e. The minimum absolute atomic E-state index is 0.113. The zero-order valence-corrected chi connectivity index (χ0v) is 8.90. The zero-order valence-electron chi connectivity index (χ0n) is 8.08. The first kappa shape index (κ1) is 10.4. The molecular formula is C10H8N2O3S. The van der Waals surface area contributed by atoms with Crippen molar-refractivity contribution in [3.63, 3.8) is 0 Å². The van der Waals surface area contributed by atoms with Crippen molar-refractivity contribution in [3.8, 4) is 11.5 Å². The topological polar surface area (TPSA) is 85.4 Å². The maximum Gasteiger partial charge on any atom is 0.355 e. The molecule has 0 saturated heterocycles. The molecule has 0 atom stereocenters. The van der Waals surface area contributed by atoms with Crippen LogP contribution in [0.2, 0.25) is 0 Å². The molecule has 2 aromatic rings. The number of rotatable bonds is 2. The number of phenolic OH excluding ortho intramolecular Hbond substituents is 1. The average molecular weight is 236 g/mol. The van der Waals surface area contributed by atoms with E-state index in [4.69, 9.17) is 15.6 Å². The summed E-state index contributed by atoms with van der Waals surface area (Å²) >= 11 is 0.981. The summed E-state index contributed by atoms with van der Waals surface area (Å²) < 4.78 is 8.81. The monoisotopic (exact) mass is 236 g/mol. The second kappa shape index (κ2) is 4.19. The third kappa shape index (κ3) is 2.29. The summed E-state index contributed by atoms with van der Waals surface area (Å²) in [4.78, 5) is 11.9. The van der Waals surface area contributed by atoms with Crippen molar-refractivity contribution in [2.75, 3.05) is 5.73 Å². The molecule has 6 heteroatoms. The molecule has 0 bridgehead atoms. The maximum atomic E-state index is 11.5. The fourth-order valence-corrected chi connectivity index (χ4v) is 1.60. The molecule has 0 amide bonds. The first-order chi connectivity index (χ1) is 7.65. The Morgan fingerprint density at radius 2 is 2.06 bits per heavy atom. The van der Waals surface area contributed by atoms with E-state index in [1.807, 2.05) is 0 Å². The lowest BCUT2D eigenvalue weighted by atomic mass is 10.3. The number of aromatic nitrogens is 1. The summed E-state index contributed by atoms with van der Waals surface area (Å²) in [6.45, 7) is 0. The number of hydrogen-bond donors (Lipinski definition) is 2. The minimum Gasteiger partial charge on any atom is -0.508 e. The van der Waals surface area contributed by atoms with Gasteiger partial charge in [0.25, 0.3) is 0 Å². The van der Waals surface area contributed by atoms with Gasteiger partial charge in [-0.05, 0) is 35.8 Å². The molecule has 0 radical (unpaired) electrons. The average Bonchev–Trinajstić information content (AvgIpc) is 2.68. The van der Waals surface area contributed by atoms with E-state index < -0.39 is 5.97 Å². The van der Waals surface area contributed by atoms with Crippen LogP contribution in [-0.4, -0.2) is 15.4 Å². The molecule has 0 spiro atoms. The highest BCUT2D eigenvalue weighted by atomic mass is 32.1. The van der Waals surface area contributed by atoms with Gasteiger partial charge in [-0.1, -0.05) is 0 Å². The van der Waals surface area contributed by atoms with E-state index in [9.17, 15) is 4.79 Å². The second-order valence-corrected chi connectivity index (χ2v) is 3.80. The van der Waals surface area contributed by atoms with Crippen molar-refractivity contribution >= 4 is 23.3 Å². The second-order valence-electron chi connectivity index (χ2n) is 3.00. The third-order valence-corrected chi connectivity index (χ3v) is 2.56. The molecule has 0 aliphatic heterocycles. The Balaban J connectivity index is 2.10. The Kier molecular flexibility index (Phi) is 2.74. The zero-order chi connectivity index (χ0) is 11.5. The van der Waals surface area contributed by atoms with Crippen molar-refractivity contribution in [1.29, 1.82) is 0 Å². The predicted octanol–water partition coefficient (Wildman–Crippen LogP) is 1.65. The summed E-state index contributed by atoms with van der Waals surface area (Å²) in [5.41, 5.74) is 5.39. The van der Waals surface area contributed by atoms with E-state index in [1.165, 1.54) is 30.3 Å². The fourth-order valence-electron chi connectivity index (χ4n) is 1.06. The van der Waals surface area contributed by atoms with Gasteiger partial charge in [0.05, 0.1) is 0 Å². The Morgan fingerprint density at radius 3 is 2.62 bits per heavy atom. The minimum atomic E-state index is -0.514. The maximum absolute atomic E-state index is 11.5. The largest absolute Gasteiger partial charge is 0.508 e. The molecule has 0 fully saturated rings. The lowest BCUT2D eigenvalue weighted by Crippen LogP contribution is -2.06. The molecule has 1 aromatic carbocycles. The molecule has 0 saturated carbocycles. The third-order valence-electron chi connectivity index (χ3n) is 1.78. The van der Waals surface area contributed by atoms with Gasteiger partial charge >= 0.3 is 5.97 Å². The normalized spacial score (nSPS) is 10.0. The number of esters is 1. The summed E-state index contributed by atoms with van der Waals surface area (Å²) in [5, 5.41) is 9.05. The lowest BCUT2D eigenvalue weighted by Gasteiger charge is -2.01. The lowest BCUT2D eigenvalue weighted by molar-refractivity contribution is 0.0739. The van der Waals surface area contributed by atoms with E-state index >= 15 is 0 Å². The van der Waals surface area contributed by atoms with Gasteiger partial charge < -0.3 is 15.6 Å². The van der Waals surface area contributed by atoms with Crippen molar-refractivity contribution in [1.82, 2.24) is 4.37 Å². The van der Waals surface area contributed by atoms with Gasteiger partial charge in [-0.3, -0.25) is 0 Å². The van der Waals surface area contributed by atoms with Crippen LogP contribution in [0.4, 0.5) is 5.82 Å². The Bertz CT molecular complexity index is 507. The van der Waals surface area contributed by atoms with Crippen LogP contribution < -0.4 is 10.5 Å². The Morgan fingerprint density at radius 1 is 1.38 bits per heavy atom. The number of ether oxygens (including phenoxy) is 1. The number of carbonyl (C=O) groups is 1. The van der Waals surface area contributed by atoms with Gasteiger partial charge in [-0.2, -0.15) is 4.37 Å². The number of phenols is 1.